The molecule has 0 aliphatic heterocycles. The molecular formula is C14H19N7S. The Labute approximate surface area is 132 Å². The van der Waals surface area contributed by atoms with Gasteiger partial charge < -0.3 is 5.32 Å². The molecule has 0 amide bonds. The van der Waals surface area contributed by atoms with Crippen LogP contribution in [0.5, 0.6) is 0 Å². The first-order chi connectivity index (χ1) is 10.7. The Hall–Kier alpha value is -1.96. The first kappa shape index (κ1) is 13.7. The molecule has 1 N–H and O–H groups in total. The van der Waals surface area contributed by atoms with Crippen molar-refractivity contribution in [1.29, 1.82) is 0 Å². The minimum atomic E-state index is 0.191. The van der Waals surface area contributed by atoms with Crippen molar-refractivity contribution in [1.82, 2.24) is 29.5 Å². The number of thiazole rings is 1. The summed E-state index contributed by atoms with van der Waals surface area (Å²) in [5.74, 6) is 1.64. The molecule has 0 saturated heterocycles. The van der Waals surface area contributed by atoms with Crippen LogP contribution >= 0.6 is 11.3 Å². The smallest absolute Gasteiger partial charge is 0.186 e. The first-order valence-electron chi connectivity index (χ1n) is 7.61. The fourth-order valence-electron chi connectivity index (χ4n) is 2.86. The molecule has 3 aromatic rings. The SMILES string of the molecule is CCn1ncnc1C(Nc1nc2c(s1)c(C)nn2C)C1CC1. The van der Waals surface area contributed by atoms with Gasteiger partial charge >= 0.3 is 0 Å². The zero-order valence-electron chi connectivity index (χ0n) is 12.9. The zero-order chi connectivity index (χ0) is 15.3. The second-order valence-corrected chi connectivity index (χ2v) is 6.77. The van der Waals surface area contributed by atoms with E-state index in [9.17, 15) is 0 Å². The number of rotatable bonds is 5. The Bertz CT molecular complexity index is 776. The van der Waals surface area contributed by atoms with Crippen molar-refractivity contribution in [3.8, 4) is 0 Å². The molecule has 22 heavy (non-hydrogen) atoms. The van der Waals surface area contributed by atoms with Gasteiger partial charge in [0.1, 0.15) is 12.2 Å². The summed E-state index contributed by atoms with van der Waals surface area (Å²) in [4.78, 5) is 9.17. The van der Waals surface area contributed by atoms with E-state index >= 15 is 0 Å². The molecule has 1 unspecified atom stereocenters. The van der Waals surface area contributed by atoms with Crippen LogP contribution < -0.4 is 5.32 Å². The maximum atomic E-state index is 4.70. The van der Waals surface area contributed by atoms with Crippen molar-refractivity contribution in [2.75, 3.05) is 5.32 Å². The Morgan fingerprint density at radius 3 is 2.95 bits per heavy atom. The van der Waals surface area contributed by atoms with Crippen molar-refractivity contribution in [3.05, 3.63) is 17.8 Å². The van der Waals surface area contributed by atoms with Gasteiger partial charge in [0, 0.05) is 13.6 Å². The van der Waals surface area contributed by atoms with E-state index in [1.807, 2.05) is 23.3 Å². The van der Waals surface area contributed by atoms with Crippen LogP contribution in [0.15, 0.2) is 6.33 Å². The number of hydrogen-bond donors (Lipinski definition) is 1. The van der Waals surface area contributed by atoms with Gasteiger partial charge in [-0.2, -0.15) is 10.2 Å². The molecule has 0 spiro atoms. The van der Waals surface area contributed by atoms with E-state index in [0.717, 1.165) is 33.5 Å². The molecule has 4 rings (SSSR count). The maximum Gasteiger partial charge on any atom is 0.186 e. The number of aromatic nitrogens is 6. The van der Waals surface area contributed by atoms with Gasteiger partial charge in [-0.1, -0.05) is 11.3 Å². The second-order valence-electron chi connectivity index (χ2n) is 5.77. The first-order valence-corrected chi connectivity index (χ1v) is 8.43. The van der Waals surface area contributed by atoms with Gasteiger partial charge in [-0.3, -0.25) is 0 Å². The lowest BCUT2D eigenvalue weighted by atomic mass is 10.2. The van der Waals surface area contributed by atoms with E-state index in [2.05, 4.69) is 27.4 Å². The number of aryl methyl sites for hydroxylation is 3. The lowest BCUT2D eigenvalue weighted by molar-refractivity contribution is 0.545. The minimum Gasteiger partial charge on any atom is -0.351 e. The number of nitrogens with zero attached hydrogens (tertiary/aromatic N) is 6. The summed E-state index contributed by atoms with van der Waals surface area (Å²) < 4.78 is 4.96. The molecule has 1 aliphatic carbocycles. The summed E-state index contributed by atoms with van der Waals surface area (Å²) >= 11 is 1.67. The molecule has 0 bridgehead atoms. The molecule has 0 radical (unpaired) electrons. The zero-order valence-corrected chi connectivity index (χ0v) is 13.8. The van der Waals surface area contributed by atoms with Crippen LogP contribution in [0.3, 0.4) is 0 Å². The highest BCUT2D eigenvalue weighted by Gasteiger charge is 2.36. The van der Waals surface area contributed by atoms with Crippen LogP contribution in [0.2, 0.25) is 0 Å². The molecule has 7 nitrogen and oxygen atoms in total. The summed E-state index contributed by atoms with van der Waals surface area (Å²) in [7, 11) is 1.94. The van der Waals surface area contributed by atoms with Gasteiger partial charge in [0.05, 0.1) is 16.4 Å². The molecule has 3 heterocycles. The number of anilines is 1. The van der Waals surface area contributed by atoms with Crippen LogP contribution in [-0.4, -0.2) is 29.5 Å². The molecule has 0 aromatic carbocycles. The molecule has 116 valence electrons. The van der Waals surface area contributed by atoms with Crippen LogP contribution in [-0.2, 0) is 13.6 Å². The molecular weight excluding hydrogens is 298 g/mol. The summed E-state index contributed by atoms with van der Waals surface area (Å²) in [6.07, 6.45) is 4.11. The molecule has 8 heteroatoms. The topological polar surface area (TPSA) is 73.5 Å². The number of nitrogens with one attached hydrogen (secondary N) is 1. The van der Waals surface area contributed by atoms with Crippen LogP contribution in [0, 0.1) is 12.8 Å². The summed E-state index contributed by atoms with van der Waals surface area (Å²) in [5.41, 5.74) is 1.97. The molecule has 1 saturated carbocycles. The lowest BCUT2D eigenvalue weighted by Crippen LogP contribution is -2.18. The fourth-order valence-corrected chi connectivity index (χ4v) is 3.83. The van der Waals surface area contributed by atoms with Crippen LogP contribution in [0.4, 0.5) is 5.13 Å². The third-order valence-electron chi connectivity index (χ3n) is 4.14. The van der Waals surface area contributed by atoms with Gasteiger partial charge in [0.15, 0.2) is 10.8 Å². The van der Waals surface area contributed by atoms with Crippen molar-refractivity contribution < 1.29 is 0 Å². The monoisotopic (exact) mass is 317 g/mol. The van der Waals surface area contributed by atoms with Gasteiger partial charge in [-0.15, -0.1) is 0 Å². The summed E-state index contributed by atoms with van der Waals surface area (Å²) in [6, 6.07) is 0.191. The van der Waals surface area contributed by atoms with Gasteiger partial charge in [-0.05, 0) is 32.6 Å². The lowest BCUT2D eigenvalue weighted by Gasteiger charge is -2.17. The Morgan fingerprint density at radius 2 is 2.27 bits per heavy atom. The van der Waals surface area contributed by atoms with Crippen molar-refractivity contribution in [3.63, 3.8) is 0 Å². The molecule has 1 fully saturated rings. The van der Waals surface area contributed by atoms with E-state index < -0.39 is 0 Å². The van der Waals surface area contributed by atoms with Crippen molar-refractivity contribution in [2.45, 2.75) is 39.3 Å². The van der Waals surface area contributed by atoms with Gasteiger partial charge in [0.25, 0.3) is 0 Å². The standard InChI is InChI=1S/C14H19N7S/c1-4-21-12(15-7-16-21)10(9-5-6-9)17-14-18-13-11(22-14)8(2)19-20(13)3/h7,9-10H,4-6H2,1-3H3,(H,17,18). The highest BCUT2D eigenvalue weighted by Crippen LogP contribution is 2.43. The highest BCUT2D eigenvalue weighted by atomic mass is 32.1. The number of hydrogen-bond acceptors (Lipinski definition) is 6. The molecule has 3 aromatic heterocycles. The molecule has 1 aliphatic rings. The summed E-state index contributed by atoms with van der Waals surface area (Å²) in [5, 5.41) is 13.2. The predicted octanol–water partition coefficient (Wildman–Crippen LogP) is 2.51. The highest BCUT2D eigenvalue weighted by molar-refractivity contribution is 7.22. The van der Waals surface area contributed by atoms with Crippen molar-refractivity contribution in [2.24, 2.45) is 13.0 Å². The summed E-state index contributed by atoms with van der Waals surface area (Å²) in [6.45, 7) is 4.95. The fraction of sp³-hybridized carbons (Fsp3) is 0.571. The quantitative estimate of drug-likeness (QED) is 0.782. The predicted molar refractivity (Wildman–Crippen MR) is 85.9 cm³/mol. The van der Waals surface area contributed by atoms with Gasteiger partial charge in [0.2, 0.25) is 0 Å². The maximum absolute atomic E-state index is 4.70. The average Bonchev–Trinajstić information content (AvgIpc) is 2.98. The third kappa shape index (κ3) is 2.18. The number of fused-ring (bicyclic) bond motifs is 1. The van der Waals surface area contributed by atoms with Crippen LogP contribution in [0.1, 0.15) is 37.3 Å². The minimum absolute atomic E-state index is 0.191. The Kier molecular flexibility index (Phi) is 3.14. The van der Waals surface area contributed by atoms with E-state index in [0.29, 0.717) is 5.92 Å². The molecule has 1 atom stereocenters. The average molecular weight is 317 g/mol. The Morgan fingerprint density at radius 1 is 1.45 bits per heavy atom. The van der Waals surface area contributed by atoms with Gasteiger partial charge in [-0.25, -0.2) is 19.3 Å². The van der Waals surface area contributed by atoms with E-state index in [-0.39, 0.29) is 6.04 Å². The van der Waals surface area contributed by atoms with Crippen LogP contribution in [0.25, 0.3) is 10.3 Å². The Balaban J connectivity index is 1.67. The third-order valence-corrected chi connectivity index (χ3v) is 5.22. The second kappa shape index (κ2) is 5.05. The van der Waals surface area contributed by atoms with E-state index in [1.165, 1.54) is 12.8 Å². The largest absolute Gasteiger partial charge is 0.351 e. The normalized spacial score (nSPS) is 16.3. The van der Waals surface area contributed by atoms with E-state index in [1.54, 1.807) is 17.7 Å². The van der Waals surface area contributed by atoms with E-state index in [4.69, 9.17) is 4.98 Å². The van der Waals surface area contributed by atoms with Crippen molar-refractivity contribution >= 4 is 26.8 Å².